The molecule has 1 heterocycles. The van der Waals surface area contributed by atoms with E-state index in [4.69, 9.17) is 4.74 Å². The number of carbonyl (C=O) groups excluding carboxylic acids is 2. The van der Waals surface area contributed by atoms with Crippen LogP contribution in [0.25, 0.3) is 0 Å². The molecule has 30 heavy (non-hydrogen) atoms. The van der Waals surface area contributed by atoms with Gasteiger partial charge in [-0.2, -0.15) is 4.31 Å². The van der Waals surface area contributed by atoms with Crippen LogP contribution >= 0.6 is 0 Å². The molecule has 3 rings (SSSR count). The number of carbonyl (C=O) groups is 2. The van der Waals surface area contributed by atoms with Crippen LogP contribution in [0.2, 0.25) is 0 Å². The molecule has 0 aliphatic carbocycles. The third-order valence-corrected chi connectivity index (χ3v) is 6.41. The number of hydrogen-bond acceptors (Lipinski definition) is 5. The first kappa shape index (κ1) is 21.9. The van der Waals surface area contributed by atoms with Crippen LogP contribution < -0.4 is 10.6 Å². The van der Waals surface area contributed by atoms with Crippen LogP contribution in [0.3, 0.4) is 0 Å². The van der Waals surface area contributed by atoms with E-state index in [1.54, 1.807) is 36.4 Å². The maximum atomic E-state index is 13.0. The van der Waals surface area contributed by atoms with Gasteiger partial charge in [0.1, 0.15) is 0 Å². The summed E-state index contributed by atoms with van der Waals surface area (Å²) in [6.07, 6.45) is -0.397. The minimum atomic E-state index is -3.74. The third-order valence-electron chi connectivity index (χ3n) is 4.58. The molecule has 0 spiro atoms. The molecule has 2 amide bonds. The molecule has 1 saturated heterocycles. The largest absolute Gasteiger partial charge is 0.373 e. The van der Waals surface area contributed by atoms with Crippen molar-refractivity contribution in [2.24, 2.45) is 0 Å². The van der Waals surface area contributed by atoms with Gasteiger partial charge in [0, 0.05) is 37.0 Å². The average molecular weight is 432 g/mol. The Bertz CT molecular complexity index is 1030. The highest BCUT2D eigenvalue weighted by Crippen LogP contribution is 2.22. The summed E-state index contributed by atoms with van der Waals surface area (Å²) < 4.78 is 33.1. The molecule has 1 aliphatic rings. The molecule has 0 radical (unpaired) electrons. The zero-order valence-electron chi connectivity index (χ0n) is 17.1. The van der Waals surface area contributed by atoms with Crippen LogP contribution in [0.15, 0.2) is 53.4 Å². The predicted molar refractivity (Wildman–Crippen MR) is 114 cm³/mol. The van der Waals surface area contributed by atoms with Crippen molar-refractivity contribution >= 4 is 33.2 Å². The fraction of sp³-hybridized carbons (Fsp3) is 0.333. The zero-order valence-corrected chi connectivity index (χ0v) is 17.9. The summed E-state index contributed by atoms with van der Waals surface area (Å²) in [6, 6.07) is 12.6. The van der Waals surface area contributed by atoms with E-state index in [1.807, 2.05) is 13.8 Å². The number of hydrogen-bond donors (Lipinski definition) is 2. The average Bonchev–Trinajstić information content (AvgIpc) is 2.68. The predicted octanol–water partition coefficient (Wildman–Crippen LogP) is 2.70. The van der Waals surface area contributed by atoms with Gasteiger partial charge >= 0.3 is 0 Å². The van der Waals surface area contributed by atoms with Gasteiger partial charge in [-0.05, 0) is 56.3 Å². The summed E-state index contributed by atoms with van der Waals surface area (Å²) in [5.74, 6) is -0.614. The molecule has 8 nitrogen and oxygen atoms in total. The van der Waals surface area contributed by atoms with E-state index in [9.17, 15) is 18.0 Å². The molecule has 0 aromatic heterocycles. The van der Waals surface area contributed by atoms with Crippen molar-refractivity contribution in [3.05, 3.63) is 54.1 Å². The lowest BCUT2D eigenvalue weighted by atomic mass is 10.2. The maximum absolute atomic E-state index is 13.0. The summed E-state index contributed by atoms with van der Waals surface area (Å²) in [6.45, 7) is 5.61. The van der Waals surface area contributed by atoms with E-state index in [0.29, 0.717) is 11.4 Å². The number of ether oxygens (including phenoxy) is 1. The molecule has 1 fully saturated rings. The summed E-state index contributed by atoms with van der Waals surface area (Å²) in [5, 5.41) is 5.38. The lowest BCUT2D eigenvalue weighted by Crippen LogP contribution is -2.48. The topological polar surface area (TPSA) is 105 Å². The number of morpholine rings is 1. The highest BCUT2D eigenvalue weighted by Gasteiger charge is 2.32. The molecule has 2 unspecified atom stereocenters. The van der Waals surface area contributed by atoms with Crippen LogP contribution in [0.1, 0.15) is 31.1 Å². The lowest BCUT2D eigenvalue weighted by Gasteiger charge is -2.34. The normalized spacial score (nSPS) is 19.8. The van der Waals surface area contributed by atoms with Gasteiger partial charge in [-0.1, -0.05) is 6.07 Å². The van der Waals surface area contributed by atoms with Gasteiger partial charge in [0.15, 0.2) is 0 Å². The summed E-state index contributed by atoms with van der Waals surface area (Å²) in [5.41, 5.74) is 1.37. The van der Waals surface area contributed by atoms with Crippen LogP contribution in [0.5, 0.6) is 0 Å². The molecule has 9 heteroatoms. The first-order valence-corrected chi connectivity index (χ1v) is 11.0. The van der Waals surface area contributed by atoms with Crippen molar-refractivity contribution in [3.8, 4) is 0 Å². The van der Waals surface area contributed by atoms with Crippen molar-refractivity contribution in [2.45, 2.75) is 37.9 Å². The van der Waals surface area contributed by atoms with Crippen LogP contribution in [-0.4, -0.2) is 49.8 Å². The fourth-order valence-corrected chi connectivity index (χ4v) is 4.95. The van der Waals surface area contributed by atoms with Crippen molar-refractivity contribution in [1.82, 2.24) is 4.31 Å². The van der Waals surface area contributed by atoms with Gasteiger partial charge in [0.2, 0.25) is 15.9 Å². The van der Waals surface area contributed by atoms with Crippen molar-refractivity contribution in [1.29, 1.82) is 0 Å². The molecule has 0 saturated carbocycles. The lowest BCUT2D eigenvalue weighted by molar-refractivity contribution is -0.114. The minimum Gasteiger partial charge on any atom is -0.373 e. The monoisotopic (exact) mass is 431 g/mol. The second kappa shape index (κ2) is 8.95. The molecule has 1 aliphatic heterocycles. The highest BCUT2D eigenvalue weighted by molar-refractivity contribution is 7.89. The van der Waals surface area contributed by atoms with Gasteiger partial charge in [0.25, 0.3) is 5.91 Å². The first-order chi connectivity index (χ1) is 14.1. The molecule has 160 valence electrons. The Labute approximate surface area is 176 Å². The first-order valence-electron chi connectivity index (χ1n) is 9.60. The van der Waals surface area contributed by atoms with Gasteiger partial charge in [-0.15, -0.1) is 0 Å². The van der Waals surface area contributed by atoms with E-state index in [-0.39, 0.29) is 41.7 Å². The highest BCUT2D eigenvalue weighted by atomic mass is 32.2. The Kier molecular flexibility index (Phi) is 6.55. The maximum Gasteiger partial charge on any atom is 0.255 e. The number of amides is 2. The van der Waals surface area contributed by atoms with Crippen molar-refractivity contribution in [3.63, 3.8) is 0 Å². The Morgan fingerprint density at radius 3 is 2.10 bits per heavy atom. The van der Waals surface area contributed by atoms with E-state index in [2.05, 4.69) is 10.6 Å². The molecule has 2 atom stereocenters. The second-order valence-corrected chi connectivity index (χ2v) is 9.26. The summed E-state index contributed by atoms with van der Waals surface area (Å²) >= 11 is 0. The number of rotatable bonds is 5. The standard InChI is InChI=1S/C21H25N3O5S/c1-14-12-24(13-15(2)29-14)30(27,28)20-6-4-5-17(11-20)21(26)23-19-9-7-18(8-10-19)22-16(3)25/h4-11,14-15H,12-13H2,1-3H3,(H,22,25)(H,23,26). The van der Waals surface area contributed by atoms with Gasteiger partial charge in [0.05, 0.1) is 17.1 Å². The van der Waals surface area contributed by atoms with Crippen molar-refractivity contribution in [2.75, 3.05) is 23.7 Å². The van der Waals surface area contributed by atoms with E-state index in [1.165, 1.54) is 23.4 Å². The molecule has 2 N–H and O–H groups in total. The fourth-order valence-electron chi connectivity index (χ4n) is 3.32. The Morgan fingerprint density at radius 1 is 0.967 bits per heavy atom. The molecular weight excluding hydrogens is 406 g/mol. The molecular formula is C21H25N3O5S. The number of nitrogens with zero attached hydrogens (tertiary/aromatic N) is 1. The SMILES string of the molecule is CC(=O)Nc1ccc(NC(=O)c2cccc(S(=O)(=O)N3CC(C)OC(C)C3)c2)cc1. The number of anilines is 2. The quantitative estimate of drug-likeness (QED) is 0.757. The molecule has 2 aromatic carbocycles. The number of benzene rings is 2. The number of nitrogens with one attached hydrogen (secondary N) is 2. The smallest absolute Gasteiger partial charge is 0.255 e. The Balaban J connectivity index is 1.76. The van der Waals surface area contributed by atoms with Gasteiger partial charge in [-0.25, -0.2) is 8.42 Å². The molecule has 0 bridgehead atoms. The van der Waals surface area contributed by atoms with Crippen molar-refractivity contribution < 1.29 is 22.7 Å². The van der Waals surface area contributed by atoms with Gasteiger partial charge < -0.3 is 15.4 Å². The van der Waals surface area contributed by atoms with E-state index < -0.39 is 15.9 Å². The van der Waals surface area contributed by atoms with E-state index in [0.717, 1.165) is 0 Å². The molecule has 2 aromatic rings. The van der Waals surface area contributed by atoms with Crippen LogP contribution in [0, 0.1) is 0 Å². The van der Waals surface area contributed by atoms with Crippen LogP contribution in [0.4, 0.5) is 11.4 Å². The summed E-state index contributed by atoms with van der Waals surface area (Å²) in [7, 11) is -3.74. The Hall–Kier alpha value is -2.75. The van der Waals surface area contributed by atoms with Gasteiger partial charge in [-0.3, -0.25) is 9.59 Å². The Morgan fingerprint density at radius 2 is 1.53 bits per heavy atom. The second-order valence-electron chi connectivity index (χ2n) is 7.32. The number of sulfonamides is 1. The van der Waals surface area contributed by atoms with Crippen LogP contribution in [-0.2, 0) is 19.6 Å². The third kappa shape index (κ3) is 5.24. The summed E-state index contributed by atoms with van der Waals surface area (Å²) in [4.78, 5) is 23.8. The van der Waals surface area contributed by atoms with E-state index >= 15 is 0 Å². The zero-order chi connectivity index (χ0) is 21.9. The minimum absolute atomic E-state index is 0.0671.